The van der Waals surface area contributed by atoms with Crippen molar-refractivity contribution in [2.45, 2.75) is 0 Å². The van der Waals surface area contributed by atoms with Crippen LogP contribution in [0.25, 0.3) is 12.2 Å². The molecule has 0 spiro atoms. The number of rotatable bonds is 8. The summed E-state index contributed by atoms with van der Waals surface area (Å²) in [4.78, 5) is 23.2. The minimum absolute atomic E-state index is 0.461. The average Bonchev–Trinajstić information content (AvgIpc) is 2.71. The number of carbonyl (C=O) groups excluding carboxylic acids is 2. The molecular weight excluding hydrogens is 348 g/mol. The monoisotopic (exact) mass is 368 g/mol. The van der Waals surface area contributed by atoms with E-state index in [2.05, 4.69) is 0 Å². The van der Waals surface area contributed by atoms with Crippen molar-refractivity contribution in [3.05, 3.63) is 71.8 Å². The van der Waals surface area contributed by atoms with Crippen molar-refractivity contribution in [1.29, 1.82) is 0 Å². The van der Waals surface area contributed by atoms with Gasteiger partial charge in [0.2, 0.25) is 6.79 Å². The maximum absolute atomic E-state index is 11.6. The largest absolute Gasteiger partial charge is 0.497 e. The summed E-state index contributed by atoms with van der Waals surface area (Å²) in [5.41, 5.74) is 1.62. The van der Waals surface area contributed by atoms with E-state index in [-0.39, 0.29) is 0 Å². The molecule has 2 rings (SSSR count). The zero-order valence-electron chi connectivity index (χ0n) is 15.1. The van der Waals surface area contributed by atoms with Gasteiger partial charge in [0.05, 0.1) is 14.2 Å². The van der Waals surface area contributed by atoms with Crippen LogP contribution in [0.4, 0.5) is 0 Å². The first kappa shape index (κ1) is 19.8. The Balaban J connectivity index is 1.72. The van der Waals surface area contributed by atoms with Gasteiger partial charge in [-0.3, -0.25) is 0 Å². The van der Waals surface area contributed by atoms with E-state index in [1.165, 1.54) is 12.2 Å². The third-order valence-electron chi connectivity index (χ3n) is 3.46. The molecule has 6 nitrogen and oxygen atoms in total. The molecular formula is C21H20O6. The Kier molecular flexibility index (Phi) is 7.66. The van der Waals surface area contributed by atoms with Crippen molar-refractivity contribution in [3.8, 4) is 11.5 Å². The second kappa shape index (κ2) is 10.5. The summed E-state index contributed by atoms with van der Waals surface area (Å²) in [6, 6.07) is 14.3. The van der Waals surface area contributed by atoms with Gasteiger partial charge in [0.25, 0.3) is 0 Å². The number of methoxy groups -OCH3 is 2. The molecule has 0 radical (unpaired) electrons. The molecule has 27 heavy (non-hydrogen) atoms. The van der Waals surface area contributed by atoms with Crippen LogP contribution in [-0.2, 0) is 19.1 Å². The van der Waals surface area contributed by atoms with E-state index in [4.69, 9.17) is 18.9 Å². The maximum atomic E-state index is 11.6. The van der Waals surface area contributed by atoms with E-state index >= 15 is 0 Å². The Morgan fingerprint density at radius 3 is 1.41 bits per heavy atom. The molecule has 6 heteroatoms. The highest BCUT2D eigenvalue weighted by molar-refractivity contribution is 5.88. The lowest BCUT2D eigenvalue weighted by Gasteiger charge is -2.02. The third kappa shape index (κ3) is 7.07. The summed E-state index contributed by atoms with van der Waals surface area (Å²) in [5, 5.41) is 0. The molecule has 0 N–H and O–H groups in total. The molecule has 0 aliphatic carbocycles. The number of ether oxygens (including phenoxy) is 4. The first-order valence-corrected chi connectivity index (χ1v) is 8.08. The lowest BCUT2D eigenvalue weighted by atomic mass is 10.2. The number of hydrogen-bond donors (Lipinski definition) is 0. The second-order valence-electron chi connectivity index (χ2n) is 5.26. The van der Waals surface area contributed by atoms with Crippen molar-refractivity contribution < 1.29 is 28.5 Å². The van der Waals surface area contributed by atoms with Crippen molar-refractivity contribution in [3.63, 3.8) is 0 Å². The smallest absolute Gasteiger partial charge is 0.333 e. The molecule has 0 aliphatic heterocycles. The van der Waals surface area contributed by atoms with Gasteiger partial charge in [-0.25, -0.2) is 9.59 Å². The van der Waals surface area contributed by atoms with Crippen molar-refractivity contribution in [2.75, 3.05) is 21.0 Å². The van der Waals surface area contributed by atoms with Gasteiger partial charge >= 0.3 is 11.9 Å². The summed E-state index contributed by atoms with van der Waals surface area (Å²) in [7, 11) is 3.16. The zero-order valence-corrected chi connectivity index (χ0v) is 15.1. The van der Waals surface area contributed by atoms with Gasteiger partial charge in [-0.2, -0.15) is 0 Å². The molecule has 2 aromatic carbocycles. The molecule has 0 fully saturated rings. The van der Waals surface area contributed by atoms with Crippen LogP contribution >= 0.6 is 0 Å². The summed E-state index contributed by atoms with van der Waals surface area (Å²) in [6.45, 7) is -0.461. The molecule has 0 aliphatic rings. The molecule has 0 saturated carbocycles. The van der Waals surface area contributed by atoms with Gasteiger partial charge in [0, 0.05) is 12.2 Å². The van der Waals surface area contributed by atoms with Crippen LogP contribution in [0.1, 0.15) is 11.1 Å². The average molecular weight is 368 g/mol. The van der Waals surface area contributed by atoms with Crippen LogP contribution in [-0.4, -0.2) is 33.0 Å². The Bertz CT molecular complexity index is 734. The highest BCUT2D eigenvalue weighted by atomic mass is 16.7. The van der Waals surface area contributed by atoms with Crippen molar-refractivity contribution in [1.82, 2.24) is 0 Å². The van der Waals surface area contributed by atoms with Gasteiger partial charge in [0.1, 0.15) is 11.5 Å². The van der Waals surface area contributed by atoms with Gasteiger partial charge in [0.15, 0.2) is 0 Å². The van der Waals surface area contributed by atoms with Crippen LogP contribution in [0.2, 0.25) is 0 Å². The maximum Gasteiger partial charge on any atom is 0.333 e. The highest BCUT2D eigenvalue weighted by Gasteiger charge is 2.01. The van der Waals surface area contributed by atoms with Crippen LogP contribution < -0.4 is 9.47 Å². The molecule has 0 saturated heterocycles. The van der Waals surface area contributed by atoms with Crippen LogP contribution in [0.5, 0.6) is 11.5 Å². The molecule has 0 aromatic heterocycles. The summed E-state index contributed by atoms with van der Waals surface area (Å²) < 4.78 is 19.7. The van der Waals surface area contributed by atoms with Gasteiger partial charge in [-0.05, 0) is 47.5 Å². The lowest BCUT2D eigenvalue weighted by molar-refractivity contribution is -0.160. The van der Waals surface area contributed by atoms with Crippen LogP contribution in [0, 0.1) is 0 Å². The van der Waals surface area contributed by atoms with Gasteiger partial charge < -0.3 is 18.9 Å². The third-order valence-corrected chi connectivity index (χ3v) is 3.46. The quantitative estimate of drug-likeness (QED) is 0.404. The number of esters is 2. The summed E-state index contributed by atoms with van der Waals surface area (Å²) >= 11 is 0. The standard InChI is InChI=1S/C21H20O6/c1-24-18-9-3-16(4-10-18)7-13-20(22)26-15-27-21(23)14-8-17-5-11-19(25-2)12-6-17/h3-14H,15H2,1-2H3/b13-7+,14-8+. The fourth-order valence-electron chi connectivity index (χ4n) is 2.00. The molecule has 0 bridgehead atoms. The zero-order chi connectivity index (χ0) is 19.5. The minimum atomic E-state index is -0.613. The Morgan fingerprint density at radius 2 is 1.07 bits per heavy atom. The lowest BCUT2D eigenvalue weighted by Crippen LogP contribution is -2.09. The first-order valence-electron chi connectivity index (χ1n) is 8.08. The summed E-state index contributed by atoms with van der Waals surface area (Å²) in [6.07, 6.45) is 5.69. The normalized spacial score (nSPS) is 10.7. The van der Waals surface area contributed by atoms with Crippen molar-refractivity contribution in [2.24, 2.45) is 0 Å². The van der Waals surface area contributed by atoms with E-state index in [0.717, 1.165) is 22.6 Å². The predicted octanol–water partition coefficient (Wildman–Crippen LogP) is 3.47. The minimum Gasteiger partial charge on any atom is -0.497 e. The number of carbonyl (C=O) groups is 2. The molecule has 0 atom stereocenters. The van der Waals surface area contributed by atoms with E-state index in [0.29, 0.717) is 0 Å². The fraction of sp³-hybridized carbons (Fsp3) is 0.143. The summed E-state index contributed by atoms with van der Waals surface area (Å²) in [5.74, 6) is 0.226. The van der Waals surface area contributed by atoms with Gasteiger partial charge in [-0.1, -0.05) is 24.3 Å². The van der Waals surface area contributed by atoms with Crippen LogP contribution in [0.15, 0.2) is 60.7 Å². The Hall–Kier alpha value is -3.54. The van der Waals surface area contributed by atoms with E-state index < -0.39 is 18.7 Å². The SMILES string of the molecule is COc1ccc(/C=C/C(=O)OCOC(=O)/C=C/c2ccc(OC)cc2)cc1. The van der Waals surface area contributed by atoms with Gasteiger partial charge in [-0.15, -0.1) is 0 Å². The van der Waals surface area contributed by atoms with Crippen LogP contribution in [0.3, 0.4) is 0 Å². The molecule has 2 aromatic rings. The first-order chi connectivity index (χ1) is 13.1. The molecule has 140 valence electrons. The Morgan fingerprint density at radius 1 is 0.704 bits per heavy atom. The number of benzene rings is 2. The fourth-order valence-corrected chi connectivity index (χ4v) is 2.00. The predicted molar refractivity (Wildman–Crippen MR) is 101 cm³/mol. The molecule has 0 unspecified atom stereocenters. The second-order valence-corrected chi connectivity index (χ2v) is 5.26. The van der Waals surface area contributed by atoms with Crippen molar-refractivity contribution >= 4 is 24.1 Å². The molecule has 0 heterocycles. The Labute approximate surface area is 157 Å². The van der Waals surface area contributed by atoms with E-state index in [1.807, 2.05) is 0 Å². The van der Waals surface area contributed by atoms with E-state index in [1.54, 1.807) is 74.9 Å². The number of hydrogen-bond acceptors (Lipinski definition) is 6. The molecule has 0 amide bonds. The highest BCUT2D eigenvalue weighted by Crippen LogP contribution is 2.13. The van der Waals surface area contributed by atoms with E-state index in [9.17, 15) is 9.59 Å². The topological polar surface area (TPSA) is 71.1 Å².